The zero-order valence-electron chi connectivity index (χ0n) is 9.39. The summed E-state index contributed by atoms with van der Waals surface area (Å²) in [5.41, 5.74) is 1.98. The molecule has 0 aliphatic carbocycles. The normalized spacial score (nSPS) is 17.7. The maximum Gasteiger partial charge on any atom is 0.142 e. The third-order valence-electron chi connectivity index (χ3n) is 3.02. The van der Waals surface area contributed by atoms with Gasteiger partial charge < -0.3 is 5.32 Å². The summed E-state index contributed by atoms with van der Waals surface area (Å²) < 4.78 is 13.4. The van der Waals surface area contributed by atoms with Gasteiger partial charge in [0.15, 0.2) is 0 Å². The first-order valence-corrected chi connectivity index (χ1v) is 5.93. The van der Waals surface area contributed by atoms with E-state index in [1.807, 2.05) is 6.92 Å². The second-order valence-corrected chi connectivity index (χ2v) is 4.56. The second-order valence-electron chi connectivity index (χ2n) is 4.18. The van der Waals surface area contributed by atoms with Gasteiger partial charge in [0.2, 0.25) is 0 Å². The van der Waals surface area contributed by atoms with Gasteiger partial charge in [-0.3, -0.25) is 4.90 Å². The molecule has 1 aromatic rings. The molecule has 1 N–H and O–H groups in total. The highest BCUT2D eigenvalue weighted by Crippen LogP contribution is 2.24. The first-order chi connectivity index (χ1) is 7.68. The van der Waals surface area contributed by atoms with Gasteiger partial charge in [-0.2, -0.15) is 0 Å². The van der Waals surface area contributed by atoms with Crippen LogP contribution in [0.3, 0.4) is 0 Å². The van der Waals surface area contributed by atoms with Crippen LogP contribution in [-0.2, 0) is 6.54 Å². The molecule has 0 aromatic heterocycles. The Balaban J connectivity index is 2.16. The monoisotopic (exact) mass is 242 g/mol. The lowest BCUT2D eigenvalue weighted by Crippen LogP contribution is -2.43. The highest BCUT2D eigenvalue weighted by Gasteiger charge is 2.15. The van der Waals surface area contributed by atoms with Crippen molar-refractivity contribution in [3.05, 3.63) is 34.1 Å². The third-order valence-corrected chi connectivity index (χ3v) is 3.43. The topological polar surface area (TPSA) is 15.3 Å². The molecule has 2 rings (SSSR count). The molecule has 0 bridgehead atoms. The smallest absolute Gasteiger partial charge is 0.142 e. The number of halogens is 2. The van der Waals surface area contributed by atoms with Crippen molar-refractivity contribution in [3.63, 3.8) is 0 Å². The number of rotatable bonds is 2. The standard InChI is InChI=1S/C12H16ClFN2/c1-9-2-3-11(14)12(13)10(9)8-16-6-4-15-5-7-16/h2-3,15H,4-8H2,1H3. The van der Waals surface area contributed by atoms with E-state index in [1.54, 1.807) is 6.07 Å². The minimum absolute atomic E-state index is 0.276. The van der Waals surface area contributed by atoms with Crippen LogP contribution >= 0.6 is 11.6 Å². The first kappa shape index (κ1) is 11.8. The average Bonchev–Trinajstić information content (AvgIpc) is 2.31. The molecule has 16 heavy (non-hydrogen) atoms. The van der Waals surface area contributed by atoms with Crippen LogP contribution in [0.25, 0.3) is 0 Å². The van der Waals surface area contributed by atoms with Gasteiger partial charge in [0.05, 0.1) is 5.02 Å². The van der Waals surface area contributed by atoms with E-state index in [4.69, 9.17) is 11.6 Å². The van der Waals surface area contributed by atoms with Crippen molar-refractivity contribution in [2.24, 2.45) is 0 Å². The number of aryl methyl sites for hydroxylation is 1. The Morgan fingerprint density at radius 1 is 1.38 bits per heavy atom. The van der Waals surface area contributed by atoms with Crippen LogP contribution in [0, 0.1) is 12.7 Å². The van der Waals surface area contributed by atoms with Crippen molar-refractivity contribution in [2.45, 2.75) is 13.5 Å². The molecule has 1 aliphatic heterocycles. The van der Waals surface area contributed by atoms with E-state index in [2.05, 4.69) is 10.2 Å². The summed E-state index contributed by atoms with van der Waals surface area (Å²) in [5.74, 6) is -0.322. The van der Waals surface area contributed by atoms with Crippen LogP contribution in [0.1, 0.15) is 11.1 Å². The predicted octanol–water partition coefficient (Wildman–Crippen LogP) is 2.19. The minimum atomic E-state index is -0.322. The van der Waals surface area contributed by atoms with Crippen LogP contribution in [0.5, 0.6) is 0 Å². The number of nitrogens with zero attached hydrogens (tertiary/aromatic N) is 1. The zero-order chi connectivity index (χ0) is 11.5. The molecule has 0 saturated carbocycles. The van der Waals surface area contributed by atoms with Gasteiger partial charge in [0.1, 0.15) is 5.82 Å². The SMILES string of the molecule is Cc1ccc(F)c(Cl)c1CN1CCNCC1. The summed E-state index contributed by atoms with van der Waals surface area (Å²) >= 11 is 6.00. The summed E-state index contributed by atoms with van der Waals surface area (Å²) in [6.07, 6.45) is 0. The summed E-state index contributed by atoms with van der Waals surface area (Å²) in [4.78, 5) is 2.30. The largest absolute Gasteiger partial charge is 0.314 e. The minimum Gasteiger partial charge on any atom is -0.314 e. The van der Waals surface area contributed by atoms with Gasteiger partial charge in [0.25, 0.3) is 0 Å². The van der Waals surface area contributed by atoms with E-state index in [0.717, 1.165) is 43.9 Å². The van der Waals surface area contributed by atoms with Gasteiger partial charge in [0, 0.05) is 32.7 Å². The lowest BCUT2D eigenvalue weighted by Gasteiger charge is -2.28. The molecule has 1 aromatic carbocycles. The Morgan fingerprint density at radius 3 is 2.75 bits per heavy atom. The maximum atomic E-state index is 13.4. The van der Waals surface area contributed by atoms with Gasteiger partial charge in [-0.05, 0) is 24.1 Å². The van der Waals surface area contributed by atoms with Gasteiger partial charge >= 0.3 is 0 Å². The highest BCUT2D eigenvalue weighted by molar-refractivity contribution is 6.31. The molecular weight excluding hydrogens is 227 g/mol. The van der Waals surface area contributed by atoms with Crippen molar-refractivity contribution in [1.29, 1.82) is 0 Å². The molecule has 1 heterocycles. The maximum absolute atomic E-state index is 13.4. The van der Waals surface area contributed by atoms with E-state index in [1.165, 1.54) is 6.07 Å². The van der Waals surface area contributed by atoms with E-state index >= 15 is 0 Å². The summed E-state index contributed by atoms with van der Waals surface area (Å²) in [7, 11) is 0. The van der Waals surface area contributed by atoms with Gasteiger partial charge in [-0.15, -0.1) is 0 Å². The van der Waals surface area contributed by atoms with Crippen molar-refractivity contribution in [2.75, 3.05) is 26.2 Å². The van der Waals surface area contributed by atoms with Gasteiger partial charge in [-0.25, -0.2) is 4.39 Å². The number of hydrogen-bond donors (Lipinski definition) is 1. The van der Waals surface area contributed by atoms with E-state index in [9.17, 15) is 4.39 Å². The van der Waals surface area contributed by atoms with Crippen molar-refractivity contribution in [1.82, 2.24) is 10.2 Å². The molecule has 2 nitrogen and oxygen atoms in total. The average molecular weight is 243 g/mol. The predicted molar refractivity (Wildman–Crippen MR) is 64.3 cm³/mol. The Labute approximate surface area is 100 Å². The van der Waals surface area contributed by atoms with Crippen molar-refractivity contribution in [3.8, 4) is 0 Å². The zero-order valence-corrected chi connectivity index (χ0v) is 10.1. The summed E-state index contributed by atoms with van der Waals surface area (Å²) in [5, 5.41) is 3.57. The van der Waals surface area contributed by atoms with Crippen LogP contribution in [0.15, 0.2) is 12.1 Å². The molecule has 88 valence electrons. The lowest BCUT2D eigenvalue weighted by atomic mass is 10.1. The quantitative estimate of drug-likeness (QED) is 0.856. The Kier molecular flexibility index (Phi) is 3.79. The molecule has 0 amide bonds. The van der Waals surface area contributed by atoms with Gasteiger partial charge in [-0.1, -0.05) is 17.7 Å². The van der Waals surface area contributed by atoms with Crippen molar-refractivity contribution >= 4 is 11.6 Å². The van der Waals surface area contributed by atoms with Crippen LogP contribution in [-0.4, -0.2) is 31.1 Å². The molecule has 0 spiro atoms. The van der Waals surface area contributed by atoms with Crippen LogP contribution in [0.2, 0.25) is 5.02 Å². The van der Waals surface area contributed by atoms with Crippen molar-refractivity contribution < 1.29 is 4.39 Å². The molecule has 0 unspecified atom stereocenters. The van der Waals surface area contributed by atoms with E-state index in [-0.39, 0.29) is 10.8 Å². The highest BCUT2D eigenvalue weighted by atomic mass is 35.5. The van der Waals surface area contributed by atoms with E-state index in [0.29, 0.717) is 0 Å². The molecule has 4 heteroatoms. The fourth-order valence-electron chi connectivity index (χ4n) is 1.98. The summed E-state index contributed by atoms with van der Waals surface area (Å²) in [6.45, 7) is 6.68. The number of nitrogens with one attached hydrogen (secondary N) is 1. The Bertz CT molecular complexity index is 376. The lowest BCUT2D eigenvalue weighted by molar-refractivity contribution is 0.232. The second kappa shape index (κ2) is 5.13. The number of benzene rings is 1. The molecule has 1 aliphatic rings. The van der Waals surface area contributed by atoms with Crippen LogP contribution < -0.4 is 5.32 Å². The van der Waals surface area contributed by atoms with E-state index < -0.39 is 0 Å². The van der Waals surface area contributed by atoms with Crippen LogP contribution in [0.4, 0.5) is 4.39 Å². The fraction of sp³-hybridized carbons (Fsp3) is 0.500. The molecule has 1 fully saturated rings. The number of hydrogen-bond acceptors (Lipinski definition) is 2. The summed E-state index contributed by atoms with van der Waals surface area (Å²) in [6, 6.07) is 3.22. The molecule has 1 saturated heterocycles. The fourth-order valence-corrected chi connectivity index (χ4v) is 2.25. The molecular formula is C12H16ClFN2. The molecule has 0 atom stereocenters. The molecule has 0 radical (unpaired) electrons. The Morgan fingerprint density at radius 2 is 2.06 bits per heavy atom. The first-order valence-electron chi connectivity index (χ1n) is 5.55. The number of piperazine rings is 1. The third kappa shape index (κ3) is 2.54. The Hall–Kier alpha value is -0.640.